The summed E-state index contributed by atoms with van der Waals surface area (Å²) in [7, 11) is 0. The van der Waals surface area contributed by atoms with Gasteiger partial charge in [-0.1, -0.05) is 0 Å². The zero-order chi connectivity index (χ0) is 15.7. The van der Waals surface area contributed by atoms with Crippen LogP contribution < -0.4 is 5.56 Å². The smallest absolute Gasteiger partial charge is 0.296 e. The standard InChI is InChI=1S/C11H8Br2N4O3S/c1-4-10(20)17(11(21)16-15-4)14-3-5-2-6(12)9(19)7(13)8(5)18/h2-3,18-19H,1H3,(H,16,21)/b14-3-. The van der Waals surface area contributed by atoms with E-state index in [2.05, 4.69) is 47.2 Å². The maximum atomic E-state index is 11.9. The van der Waals surface area contributed by atoms with E-state index in [4.69, 9.17) is 12.2 Å². The second-order valence-electron chi connectivity index (χ2n) is 3.93. The highest BCUT2D eigenvalue weighted by Crippen LogP contribution is 2.40. The molecule has 0 aliphatic heterocycles. The molecule has 0 bridgehead atoms. The molecule has 0 radical (unpaired) electrons. The normalized spacial score (nSPS) is 11.2. The van der Waals surface area contributed by atoms with E-state index < -0.39 is 5.56 Å². The van der Waals surface area contributed by atoms with Crippen LogP contribution >= 0.6 is 44.1 Å². The molecule has 7 nitrogen and oxygen atoms in total. The molecule has 1 heterocycles. The number of benzene rings is 1. The topological polar surface area (TPSA) is 104 Å². The van der Waals surface area contributed by atoms with Gasteiger partial charge in [0.1, 0.15) is 21.7 Å². The molecule has 0 unspecified atom stereocenters. The van der Waals surface area contributed by atoms with Gasteiger partial charge in [-0.15, -0.1) is 0 Å². The molecule has 0 atom stereocenters. The fraction of sp³-hybridized carbons (Fsp3) is 0.0909. The number of H-pyrrole nitrogens is 1. The molecule has 110 valence electrons. The van der Waals surface area contributed by atoms with Crippen molar-refractivity contribution in [2.45, 2.75) is 6.92 Å². The quantitative estimate of drug-likeness (QED) is 0.496. The number of phenolic OH excluding ortho intramolecular Hbond substituents is 2. The van der Waals surface area contributed by atoms with Gasteiger partial charge in [-0.3, -0.25) is 9.89 Å². The van der Waals surface area contributed by atoms with Crippen molar-refractivity contribution in [1.29, 1.82) is 0 Å². The molecule has 10 heteroatoms. The number of nitrogens with one attached hydrogen (secondary N) is 1. The maximum absolute atomic E-state index is 11.9. The fourth-order valence-electron chi connectivity index (χ4n) is 1.41. The summed E-state index contributed by atoms with van der Waals surface area (Å²) in [6.45, 7) is 1.52. The minimum absolute atomic E-state index is 0.0262. The minimum Gasteiger partial charge on any atom is -0.506 e. The molecule has 0 saturated heterocycles. The van der Waals surface area contributed by atoms with Crippen molar-refractivity contribution in [1.82, 2.24) is 14.9 Å². The monoisotopic (exact) mass is 434 g/mol. The summed E-state index contributed by atoms with van der Waals surface area (Å²) in [4.78, 5) is 11.9. The number of hydrogen-bond donors (Lipinski definition) is 3. The predicted molar refractivity (Wildman–Crippen MR) is 86.6 cm³/mol. The molecular formula is C11H8Br2N4O3S. The largest absolute Gasteiger partial charge is 0.506 e. The van der Waals surface area contributed by atoms with Gasteiger partial charge in [0, 0.05) is 5.56 Å². The third-order valence-corrected chi connectivity index (χ3v) is 4.14. The second kappa shape index (κ2) is 6.08. The van der Waals surface area contributed by atoms with Crippen molar-refractivity contribution in [3.05, 3.63) is 41.4 Å². The molecule has 1 aromatic heterocycles. The average molecular weight is 436 g/mol. The summed E-state index contributed by atoms with van der Waals surface area (Å²) >= 11 is 11.1. The number of hydrogen-bond acceptors (Lipinski definition) is 6. The summed E-state index contributed by atoms with van der Waals surface area (Å²) in [6, 6.07) is 1.45. The second-order valence-corrected chi connectivity index (χ2v) is 5.97. The van der Waals surface area contributed by atoms with Crippen LogP contribution in [0.5, 0.6) is 11.5 Å². The molecule has 0 saturated carbocycles. The number of aromatic nitrogens is 3. The van der Waals surface area contributed by atoms with Crippen LogP contribution in [-0.2, 0) is 0 Å². The Morgan fingerprint density at radius 2 is 2.10 bits per heavy atom. The predicted octanol–water partition coefficient (Wildman–Crippen LogP) is 2.43. The first-order valence-corrected chi connectivity index (χ1v) is 7.45. The average Bonchev–Trinajstić information content (AvgIpc) is 2.46. The van der Waals surface area contributed by atoms with E-state index in [1.165, 1.54) is 19.2 Å². The van der Waals surface area contributed by atoms with Crippen LogP contribution in [0.15, 0.2) is 24.9 Å². The van der Waals surface area contributed by atoms with Crippen LogP contribution in [0.1, 0.15) is 11.3 Å². The molecule has 0 aliphatic rings. The third kappa shape index (κ3) is 3.06. The van der Waals surface area contributed by atoms with Gasteiger partial charge in [0.25, 0.3) is 5.56 Å². The van der Waals surface area contributed by atoms with E-state index in [1.54, 1.807) is 0 Å². The Hall–Kier alpha value is -1.52. The number of aromatic amines is 1. The number of rotatable bonds is 2. The third-order valence-electron chi connectivity index (χ3n) is 2.52. The first-order valence-electron chi connectivity index (χ1n) is 5.45. The summed E-state index contributed by atoms with van der Waals surface area (Å²) in [5, 5.41) is 29.7. The molecule has 0 spiro atoms. The van der Waals surface area contributed by atoms with E-state index in [-0.39, 0.29) is 32.0 Å². The highest BCUT2D eigenvalue weighted by atomic mass is 79.9. The first-order chi connectivity index (χ1) is 9.82. The molecule has 2 rings (SSSR count). The lowest BCUT2D eigenvalue weighted by Gasteiger charge is -2.06. The fourth-order valence-corrected chi connectivity index (χ4v) is 2.74. The SMILES string of the molecule is Cc1n[nH]c(=S)n(/N=C\c2cc(Br)c(O)c(Br)c2O)c1=O. The molecule has 0 aliphatic carbocycles. The summed E-state index contributed by atoms with van der Waals surface area (Å²) in [5.41, 5.74) is 0.0201. The van der Waals surface area contributed by atoms with Crippen molar-refractivity contribution in [3.8, 4) is 11.5 Å². The van der Waals surface area contributed by atoms with Crippen LogP contribution in [0.25, 0.3) is 0 Å². The Labute approximate surface area is 140 Å². The minimum atomic E-state index is -0.466. The van der Waals surface area contributed by atoms with E-state index >= 15 is 0 Å². The van der Waals surface area contributed by atoms with Crippen LogP contribution in [0, 0.1) is 11.7 Å². The summed E-state index contributed by atoms with van der Waals surface area (Å²) in [5.74, 6) is -0.355. The lowest BCUT2D eigenvalue weighted by atomic mass is 10.2. The van der Waals surface area contributed by atoms with E-state index in [9.17, 15) is 15.0 Å². The van der Waals surface area contributed by atoms with Crippen molar-refractivity contribution < 1.29 is 10.2 Å². The van der Waals surface area contributed by atoms with Gasteiger partial charge in [-0.05, 0) is 57.1 Å². The number of phenols is 2. The lowest BCUT2D eigenvalue weighted by molar-refractivity contribution is 0.441. The maximum Gasteiger partial charge on any atom is 0.296 e. The Balaban J connectivity index is 2.56. The number of aromatic hydroxyl groups is 2. The van der Waals surface area contributed by atoms with E-state index in [1.807, 2.05) is 0 Å². The van der Waals surface area contributed by atoms with Gasteiger partial charge in [0.05, 0.1) is 10.7 Å². The summed E-state index contributed by atoms with van der Waals surface area (Å²) < 4.78 is 1.45. The Morgan fingerprint density at radius 1 is 1.43 bits per heavy atom. The van der Waals surface area contributed by atoms with Gasteiger partial charge in [0.2, 0.25) is 4.77 Å². The van der Waals surface area contributed by atoms with E-state index in [0.717, 1.165) is 4.68 Å². The van der Waals surface area contributed by atoms with Crippen molar-refractivity contribution >= 4 is 50.3 Å². The van der Waals surface area contributed by atoms with Gasteiger partial charge >= 0.3 is 0 Å². The van der Waals surface area contributed by atoms with Gasteiger partial charge in [-0.2, -0.15) is 14.9 Å². The van der Waals surface area contributed by atoms with E-state index in [0.29, 0.717) is 4.47 Å². The Bertz CT molecular complexity index is 860. The zero-order valence-electron chi connectivity index (χ0n) is 10.5. The molecule has 1 aromatic carbocycles. The van der Waals surface area contributed by atoms with Crippen LogP contribution in [0.4, 0.5) is 0 Å². The van der Waals surface area contributed by atoms with Crippen LogP contribution in [0.3, 0.4) is 0 Å². The first kappa shape index (κ1) is 15.9. The molecule has 21 heavy (non-hydrogen) atoms. The van der Waals surface area contributed by atoms with Gasteiger partial charge < -0.3 is 10.2 Å². The van der Waals surface area contributed by atoms with Crippen LogP contribution in [0.2, 0.25) is 0 Å². The van der Waals surface area contributed by atoms with Crippen LogP contribution in [-0.4, -0.2) is 31.3 Å². The molecule has 0 fully saturated rings. The number of aryl methyl sites for hydroxylation is 1. The summed E-state index contributed by atoms with van der Waals surface area (Å²) in [6.07, 6.45) is 1.24. The van der Waals surface area contributed by atoms with Crippen molar-refractivity contribution in [2.75, 3.05) is 0 Å². The molecule has 3 N–H and O–H groups in total. The van der Waals surface area contributed by atoms with Crippen molar-refractivity contribution in [2.24, 2.45) is 5.10 Å². The van der Waals surface area contributed by atoms with Crippen molar-refractivity contribution in [3.63, 3.8) is 0 Å². The highest BCUT2D eigenvalue weighted by molar-refractivity contribution is 9.11. The molecule has 0 amide bonds. The Kier molecular flexibility index (Phi) is 4.59. The lowest BCUT2D eigenvalue weighted by Crippen LogP contribution is -2.22. The highest BCUT2D eigenvalue weighted by Gasteiger charge is 2.13. The van der Waals surface area contributed by atoms with Gasteiger partial charge in [-0.25, -0.2) is 0 Å². The number of halogens is 2. The Morgan fingerprint density at radius 3 is 2.76 bits per heavy atom. The molecule has 2 aromatic rings. The number of nitrogens with zero attached hydrogens (tertiary/aromatic N) is 3. The zero-order valence-corrected chi connectivity index (χ0v) is 14.5. The van der Waals surface area contributed by atoms with Gasteiger partial charge in [0.15, 0.2) is 0 Å². The molecular weight excluding hydrogens is 428 g/mol.